The zero-order valence-electron chi connectivity index (χ0n) is 12.4. The molecule has 1 aliphatic rings. The third kappa shape index (κ3) is 4.34. The van der Waals surface area contributed by atoms with Crippen LogP contribution in [0.25, 0.3) is 0 Å². The number of ether oxygens (including phenoxy) is 1. The molecule has 0 saturated heterocycles. The quantitative estimate of drug-likeness (QED) is 0.554. The Kier molecular flexibility index (Phi) is 6.20. The molecular formula is C15H25NO4. The molecule has 1 rings (SSSR count). The van der Waals surface area contributed by atoms with E-state index < -0.39 is 17.6 Å². The van der Waals surface area contributed by atoms with Crippen LogP contribution in [0.5, 0.6) is 0 Å². The van der Waals surface area contributed by atoms with Gasteiger partial charge in [0.1, 0.15) is 11.6 Å². The molecular weight excluding hydrogens is 258 g/mol. The van der Waals surface area contributed by atoms with Crippen molar-refractivity contribution >= 4 is 11.9 Å². The molecule has 0 heterocycles. The highest BCUT2D eigenvalue weighted by molar-refractivity contribution is 5.89. The molecule has 1 saturated carbocycles. The minimum Gasteiger partial charge on any atom is -0.480 e. The van der Waals surface area contributed by atoms with Crippen molar-refractivity contribution in [3.8, 4) is 0 Å². The normalized spacial score (nSPS) is 27.6. The van der Waals surface area contributed by atoms with Crippen LogP contribution in [-0.2, 0) is 14.3 Å². The van der Waals surface area contributed by atoms with Crippen LogP contribution in [0.3, 0.4) is 0 Å². The molecule has 0 aromatic carbocycles. The van der Waals surface area contributed by atoms with Crippen molar-refractivity contribution in [1.82, 2.24) is 5.32 Å². The Morgan fingerprint density at radius 1 is 1.50 bits per heavy atom. The van der Waals surface area contributed by atoms with E-state index in [0.29, 0.717) is 31.8 Å². The van der Waals surface area contributed by atoms with Gasteiger partial charge in [-0.05, 0) is 44.9 Å². The summed E-state index contributed by atoms with van der Waals surface area (Å²) in [6, 6.07) is 0. The van der Waals surface area contributed by atoms with E-state index in [-0.39, 0.29) is 5.91 Å². The van der Waals surface area contributed by atoms with Gasteiger partial charge in [-0.2, -0.15) is 0 Å². The molecule has 0 aromatic rings. The van der Waals surface area contributed by atoms with Crippen LogP contribution in [0.4, 0.5) is 0 Å². The number of carbonyl (C=O) groups excluding carboxylic acids is 1. The van der Waals surface area contributed by atoms with Gasteiger partial charge >= 0.3 is 5.97 Å². The van der Waals surface area contributed by atoms with Crippen LogP contribution < -0.4 is 5.32 Å². The van der Waals surface area contributed by atoms with E-state index in [0.717, 1.165) is 12.8 Å². The monoisotopic (exact) mass is 283 g/mol. The zero-order chi connectivity index (χ0) is 15.2. The predicted octanol–water partition coefficient (Wildman–Crippen LogP) is 2.12. The number of carboxylic acid groups (broad SMARTS) is 1. The summed E-state index contributed by atoms with van der Waals surface area (Å²) in [4.78, 5) is 23.6. The second-order valence-electron chi connectivity index (χ2n) is 5.65. The van der Waals surface area contributed by atoms with Gasteiger partial charge in [0.05, 0.1) is 6.61 Å². The van der Waals surface area contributed by atoms with Gasteiger partial charge in [-0.15, -0.1) is 6.58 Å². The lowest BCUT2D eigenvalue weighted by atomic mass is 9.77. The minimum atomic E-state index is -1.13. The van der Waals surface area contributed by atoms with E-state index in [9.17, 15) is 14.7 Å². The Balaban J connectivity index is 2.59. The molecule has 114 valence electrons. The molecule has 1 atom stereocenters. The minimum absolute atomic E-state index is 0.356. The topological polar surface area (TPSA) is 75.6 Å². The van der Waals surface area contributed by atoms with Crippen molar-refractivity contribution in [3.63, 3.8) is 0 Å². The molecule has 1 amide bonds. The first kappa shape index (κ1) is 16.7. The molecule has 1 aliphatic carbocycles. The predicted molar refractivity (Wildman–Crippen MR) is 76.4 cm³/mol. The van der Waals surface area contributed by atoms with Gasteiger partial charge in [-0.25, -0.2) is 4.79 Å². The van der Waals surface area contributed by atoms with Crippen LogP contribution >= 0.6 is 0 Å². The van der Waals surface area contributed by atoms with Crippen molar-refractivity contribution < 1.29 is 19.4 Å². The summed E-state index contributed by atoms with van der Waals surface area (Å²) in [6.07, 6.45) is 4.33. The first-order valence-corrected chi connectivity index (χ1v) is 7.19. The molecule has 5 heteroatoms. The number of nitrogens with one attached hydrogen (secondary N) is 1. The number of carboxylic acids is 1. The maximum absolute atomic E-state index is 12.1. The summed E-state index contributed by atoms with van der Waals surface area (Å²) in [5.41, 5.74) is -1.13. The number of amides is 1. The first-order valence-electron chi connectivity index (χ1n) is 7.19. The van der Waals surface area contributed by atoms with Crippen molar-refractivity contribution in [1.29, 1.82) is 0 Å². The van der Waals surface area contributed by atoms with Gasteiger partial charge < -0.3 is 15.2 Å². The lowest BCUT2D eigenvalue weighted by Crippen LogP contribution is -2.58. The number of hydrogen-bond acceptors (Lipinski definition) is 3. The smallest absolute Gasteiger partial charge is 0.329 e. The van der Waals surface area contributed by atoms with Crippen LogP contribution in [0.15, 0.2) is 12.7 Å². The molecule has 1 unspecified atom stereocenters. The fourth-order valence-electron chi connectivity index (χ4n) is 2.39. The van der Waals surface area contributed by atoms with Gasteiger partial charge in [0.2, 0.25) is 5.91 Å². The largest absolute Gasteiger partial charge is 0.480 e. The molecule has 0 radical (unpaired) electrons. The average molecular weight is 283 g/mol. The fourth-order valence-corrected chi connectivity index (χ4v) is 2.39. The van der Waals surface area contributed by atoms with Crippen molar-refractivity contribution in [2.45, 2.75) is 57.6 Å². The van der Waals surface area contributed by atoms with Crippen molar-refractivity contribution in [3.05, 3.63) is 12.7 Å². The Morgan fingerprint density at radius 2 is 2.10 bits per heavy atom. The second-order valence-corrected chi connectivity index (χ2v) is 5.65. The lowest BCUT2D eigenvalue weighted by molar-refractivity contribution is -0.151. The molecule has 0 spiro atoms. The standard InChI is InChI=1S/C15H25NO4/c1-4-5-10-20-12(3)13(17)16-15(14(18)19)8-6-11(2)7-9-15/h4,11-12H,1,5-10H2,2-3H3,(H,16,17)(H,18,19). The molecule has 0 bridgehead atoms. The summed E-state index contributed by atoms with van der Waals surface area (Å²) in [7, 11) is 0. The molecule has 0 aromatic heterocycles. The van der Waals surface area contributed by atoms with Gasteiger partial charge in [-0.1, -0.05) is 13.0 Å². The van der Waals surface area contributed by atoms with E-state index >= 15 is 0 Å². The van der Waals surface area contributed by atoms with E-state index in [1.807, 2.05) is 0 Å². The summed E-state index contributed by atoms with van der Waals surface area (Å²) in [5, 5.41) is 12.1. The molecule has 2 N–H and O–H groups in total. The van der Waals surface area contributed by atoms with Crippen LogP contribution in [-0.4, -0.2) is 35.2 Å². The number of aliphatic carboxylic acids is 1. The van der Waals surface area contributed by atoms with E-state index in [2.05, 4.69) is 18.8 Å². The third-order valence-electron chi connectivity index (χ3n) is 3.96. The maximum Gasteiger partial charge on any atom is 0.329 e. The van der Waals surface area contributed by atoms with Crippen molar-refractivity contribution in [2.24, 2.45) is 5.92 Å². The molecule has 0 aliphatic heterocycles. The van der Waals surface area contributed by atoms with E-state index in [4.69, 9.17) is 4.74 Å². The summed E-state index contributed by atoms with van der Waals surface area (Å²) < 4.78 is 5.36. The number of carbonyl (C=O) groups is 2. The van der Waals surface area contributed by atoms with Gasteiger partial charge in [0.15, 0.2) is 0 Å². The highest BCUT2D eigenvalue weighted by atomic mass is 16.5. The second kappa shape index (κ2) is 7.43. The highest BCUT2D eigenvalue weighted by Gasteiger charge is 2.43. The Labute approximate surface area is 120 Å². The number of rotatable bonds is 7. The van der Waals surface area contributed by atoms with Crippen molar-refractivity contribution in [2.75, 3.05) is 6.61 Å². The van der Waals surface area contributed by atoms with Crippen LogP contribution in [0.1, 0.15) is 46.0 Å². The summed E-state index contributed by atoms with van der Waals surface area (Å²) in [5.74, 6) is -0.789. The molecule has 20 heavy (non-hydrogen) atoms. The highest BCUT2D eigenvalue weighted by Crippen LogP contribution is 2.32. The molecule has 1 fully saturated rings. The zero-order valence-corrected chi connectivity index (χ0v) is 12.4. The third-order valence-corrected chi connectivity index (χ3v) is 3.96. The summed E-state index contributed by atoms with van der Waals surface area (Å²) in [6.45, 7) is 7.73. The van der Waals surface area contributed by atoms with Gasteiger partial charge in [-0.3, -0.25) is 4.79 Å². The molecule has 5 nitrogen and oxygen atoms in total. The SMILES string of the molecule is C=CCCOC(C)C(=O)NC1(C(=O)O)CCC(C)CC1. The Bertz CT molecular complexity index is 359. The van der Waals surface area contributed by atoms with Gasteiger partial charge in [0, 0.05) is 0 Å². The maximum atomic E-state index is 12.1. The Morgan fingerprint density at radius 3 is 2.60 bits per heavy atom. The first-order chi connectivity index (χ1) is 9.41. The summed E-state index contributed by atoms with van der Waals surface area (Å²) >= 11 is 0. The average Bonchev–Trinajstić information content (AvgIpc) is 2.41. The van der Waals surface area contributed by atoms with Gasteiger partial charge in [0.25, 0.3) is 0 Å². The van der Waals surface area contributed by atoms with E-state index in [1.165, 1.54) is 0 Å². The van der Waals surface area contributed by atoms with Crippen LogP contribution in [0, 0.1) is 5.92 Å². The van der Waals surface area contributed by atoms with E-state index in [1.54, 1.807) is 13.0 Å². The fraction of sp³-hybridized carbons (Fsp3) is 0.733. The lowest BCUT2D eigenvalue weighted by Gasteiger charge is -2.37. The Hall–Kier alpha value is -1.36. The van der Waals surface area contributed by atoms with Crippen LogP contribution in [0.2, 0.25) is 0 Å². The number of hydrogen-bond donors (Lipinski definition) is 2.